The van der Waals surface area contributed by atoms with Gasteiger partial charge in [0.05, 0.1) is 28.0 Å². The van der Waals surface area contributed by atoms with Gasteiger partial charge in [-0.25, -0.2) is 9.78 Å². The smallest absolute Gasteiger partial charge is 0.343 e. The molecule has 4 aromatic rings. The molecule has 8 heteroatoms. The molecule has 0 radical (unpaired) electrons. The third-order valence-electron chi connectivity index (χ3n) is 4.03. The molecule has 0 bridgehead atoms. The zero-order valence-electron chi connectivity index (χ0n) is 14.6. The normalized spacial score (nSPS) is 10.0. The second-order valence-electron chi connectivity index (χ2n) is 5.86. The number of anilines is 2. The summed E-state index contributed by atoms with van der Waals surface area (Å²) >= 11 is 0. The number of hydrogen-bond donors (Lipinski definition) is 3. The molecule has 0 saturated heterocycles. The summed E-state index contributed by atoms with van der Waals surface area (Å²) in [5, 5.41) is 0. The molecule has 0 aliphatic rings. The fraction of sp³-hybridized carbons (Fsp3) is 0. The van der Waals surface area contributed by atoms with Crippen LogP contribution < -0.4 is 16.2 Å². The summed E-state index contributed by atoms with van der Waals surface area (Å²) < 4.78 is 5.33. The Morgan fingerprint density at radius 2 is 1.54 bits per heavy atom. The number of aromatic amines is 1. The van der Waals surface area contributed by atoms with Gasteiger partial charge in [0.2, 0.25) is 0 Å². The lowest BCUT2D eigenvalue weighted by Crippen LogP contribution is -2.08. The van der Waals surface area contributed by atoms with Crippen molar-refractivity contribution in [3.05, 3.63) is 72.3 Å². The topological polar surface area (TPSA) is 107 Å². The third-order valence-corrected chi connectivity index (χ3v) is 4.03. The first kappa shape index (κ1) is 21.1. The van der Waals surface area contributed by atoms with Crippen LogP contribution in [-0.4, -0.2) is 15.9 Å². The molecule has 5 N–H and O–H groups in total. The van der Waals surface area contributed by atoms with Gasteiger partial charge in [0.15, 0.2) is 0 Å². The van der Waals surface area contributed by atoms with E-state index in [1.54, 1.807) is 36.4 Å². The highest BCUT2D eigenvalue weighted by Gasteiger charge is 2.11. The van der Waals surface area contributed by atoms with E-state index >= 15 is 0 Å². The molecule has 144 valence electrons. The summed E-state index contributed by atoms with van der Waals surface area (Å²) in [7, 11) is 0. The van der Waals surface area contributed by atoms with E-state index < -0.39 is 5.97 Å². The van der Waals surface area contributed by atoms with Gasteiger partial charge in [0.25, 0.3) is 0 Å². The largest absolute Gasteiger partial charge is 0.423 e. The first-order chi connectivity index (χ1) is 12.6. The SMILES string of the molecule is Cl.Cl.Nc1cc2nc(-c3ccc(C(=O)Oc4ccccc4)cc3)[nH]c2cc1N. The number of fused-ring (bicyclic) bond motifs is 1. The standard InChI is InChI=1S/C20H16N4O2.2ClH/c21-15-10-17-18(11-16(15)22)24-19(23-17)12-6-8-13(9-7-12)20(25)26-14-4-2-1-3-5-14;;/h1-11H,21-22H2,(H,23,24);2*1H. The molecule has 28 heavy (non-hydrogen) atoms. The molecule has 4 rings (SSSR count). The average molecular weight is 417 g/mol. The van der Waals surface area contributed by atoms with Crippen LogP contribution in [0.2, 0.25) is 0 Å². The van der Waals surface area contributed by atoms with Crippen molar-refractivity contribution < 1.29 is 9.53 Å². The number of carbonyl (C=O) groups is 1. The van der Waals surface area contributed by atoms with Crippen LogP contribution in [0.25, 0.3) is 22.4 Å². The van der Waals surface area contributed by atoms with Gasteiger partial charge in [-0.1, -0.05) is 30.3 Å². The Morgan fingerprint density at radius 1 is 0.893 bits per heavy atom. The number of imidazole rings is 1. The van der Waals surface area contributed by atoms with Crippen molar-refractivity contribution in [1.82, 2.24) is 9.97 Å². The molecule has 6 nitrogen and oxygen atoms in total. The van der Waals surface area contributed by atoms with E-state index in [9.17, 15) is 4.79 Å². The molecule has 0 spiro atoms. The summed E-state index contributed by atoms with van der Waals surface area (Å²) in [4.78, 5) is 19.9. The Labute approximate surface area is 173 Å². The summed E-state index contributed by atoms with van der Waals surface area (Å²) in [6.07, 6.45) is 0. The molecule has 0 aliphatic heterocycles. The van der Waals surface area contributed by atoms with E-state index in [-0.39, 0.29) is 24.8 Å². The number of H-pyrrole nitrogens is 1. The van der Waals surface area contributed by atoms with Gasteiger partial charge in [-0.2, -0.15) is 0 Å². The number of nitrogens with two attached hydrogens (primary N) is 2. The number of nitrogens with one attached hydrogen (secondary N) is 1. The monoisotopic (exact) mass is 416 g/mol. The summed E-state index contributed by atoms with van der Waals surface area (Å²) in [5.41, 5.74) is 15.5. The predicted octanol–water partition coefficient (Wildman–Crippen LogP) is 4.46. The number of esters is 1. The van der Waals surface area contributed by atoms with Crippen molar-refractivity contribution in [2.75, 3.05) is 11.5 Å². The fourth-order valence-corrected chi connectivity index (χ4v) is 2.65. The Morgan fingerprint density at radius 3 is 2.21 bits per heavy atom. The quantitative estimate of drug-likeness (QED) is 0.259. The molecule has 0 saturated carbocycles. The molecular formula is C20H18Cl2N4O2. The van der Waals surface area contributed by atoms with Crippen LogP contribution in [0, 0.1) is 0 Å². The minimum Gasteiger partial charge on any atom is -0.423 e. The highest BCUT2D eigenvalue weighted by molar-refractivity contribution is 5.92. The van der Waals surface area contributed by atoms with Crippen molar-refractivity contribution in [3.63, 3.8) is 0 Å². The number of ether oxygens (including phenoxy) is 1. The second-order valence-corrected chi connectivity index (χ2v) is 5.86. The van der Waals surface area contributed by atoms with E-state index in [0.29, 0.717) is 28.5 Å². The number of hydrogen-bond acceptors (Lipinski definition) is 5. The van der Waals surface area contributed by atoms with E-state index in [0.717, 1.165) is 16.6 Å². The minimum absolute atomic E-state index is 0. The highest BCUT2D eigenvalue weighted by atomic mass is 35.5. The summed E-state index contributed by atoms with van der Waals surface area (Å²) in [6, 6.07) is 19.5. The van der Waals surface area contributed by atoms with Crippen molar-refractivity contribution >= 4 is 53.2 Å². The lowest BCUT2D eigenvalue weighted by molar-refractivity contribution is 0.0735. The Kier molecular flexibility index (Phi) is 6.51. The molecule has 1 aromatic heterocycles. The van der Waals surface area contributed by atoms with Crippen LogP contribution in [0.5, 0.6) is 5.75 Å². The number of halogens is 2. The highest BCUT2D eigenvalue weighted by Crippen LogP contribution is 2.26. The molecule has 0 atom stereocenters. The second kappa shape index (κ2) is 8.65. The molecule has 0 aliphatic carbocycles. The zero-order chi connectivity index (χ0) is 18.1. The number of nitrogens with zero attached hydrogens (tertiary/aromatic N) is 1. The summed E-state index contributed by atoms with van der Waals surface area (Å²) in [5.74, 6) is 0.773. The van der Waals surface area contributed by atoms with E-state index in [1.807, 2.05) is 30.3 Å². The molecule has 1 heterocycles. The number of benzene rings is 3. The number of rotatable bonds is 3. The predicted molar refractivity (Wildman–Crippen MR) is 116 cm³/mol. The van der Waals surface area contributed by atoms with Gasteiger partial charge < -0.3 is 21.2 Å². The lowest BCUT2D eigenvalue weighted by Gasteiger charge is -2.04. The molecule has 0 fully saturated rings. The van der Waals surface area contributed by atoms with Crippen molar-refractivity contribution in [1.29, 1.82) is 0 Å². The fourth-order valence-electron chi connectivity index (χ4n) is 2.65. The van der Waals surface area contributed by atoms with Crippen LogP contribution in [0.1, 0.15) is 10.4 Å². The Balaban J connectivity index is 0.00000140. The maximum Gasteiger partial charge on any atom is 0.343 e. The van der Waals surface area contributed by atoms with Crippen molar-refractivity contribution in [2.24, 2.45) is 0 Å². The number of aromatic nitrogens is 2. The van der Waals surface area contributed by atoms with Crippen molar-refractivity contribution in [2.45, 2.75) is 0 Å². The van der Waals surface area contributed by atoms with Gasteiger partial charge in [0, 0.05) is 5.56 Å². The van der Waals surface area contributed by atoms with Crippen LogP contribution >= 0.6 is 24.8 Å². The van der Waals surface area contributed by atoms with E-state index in [2.05, 4.69) is 9.97 Å². The molecular weight excluding hydrogens is 399 g/mol. The van der Waals surface area contributed by atoms with Crippen LogP contribution in [0.4, 0.5) is 11.4 Å². The van der Waals surface area contributed by atoms with Gasteiger partial charge in [-0.15, -0.1) is 24.8 Å². The van der Waals surface area contributed by atoms with E-state index in [1.165, 1.54) is 0 Å². The molecule has 0 unspecified atom stereocenters. The summed E-state index contributed by atoms with van der Waals surface area (Å²) in [6.45, 7) is 0. The number of carbonyl (C=O) groups excluding carboxylic acids is 1. The molecule has 0 amide bonds. The van der Waals surface area contributed by atoms with Gasteiger partial charge in [-0.3, -0.25) is 0 Å². The van der Waals surface area contributed by atoms with E-state index in [4.69, 9.17) is 16.2 Å². The number of nitrogen functional groups attached to an aromatic ring is 2. The molecule has 3 aromatic carbocycles. The first-order valence-electron chi connectivity index (χ1n) is 8.02. The lowest BCUT2D eigenvalue weighted by atomic mass is 10.1. The first-order valence-corrected chi connectivity index (χ1v) is 8.02. The van der Waals surface area contributed by atoms with Crippen LogP contribution in [0.15, 0.2) is 66.7 Å². The van der Waals surface area contributed by atoms with Crippen LogP contribution in [-0.2, 0) is 0 Å². The maximum absolute atomic E-state index is 12.2. The Hall–Kier alpha value is -3.22. The number of para-hydroxylation sites is 1. The Bertz CT molecular complexity index is 1060. The maximum atomic E-state index is 12.2. The average Bonchev–Trinajstić information content (AvgIpc) is 3.06. The zero-order valence-corrected chi connectivity index (χ0v) is 16.2. The van der Waals surface area contributed by atoms with Crippen LogP contribution in [0.3, 0.4) is 0 Å². The van der Waals surface area contributed by atoms with Crippen molar-refractivity contribution in [3.8, 4) is 17.1 Å². The van der Waals surface area contributed by atoms with Gasteiger partial charge in [0.1, 0.15) is 11.6 Å². The third kappa shape index (κ3) is 4.19. The van der Waals surface area contributed by atoms with Gasteiger partial charge in [-0.05, 0) is 36.4 Å². The van der Waals surface area contributed by atoms with Gasteiger partial charge >= 0.3 is 5.97 Å². The minimum atomic E-state index is -0.409.